The van der Waals surface area contributed by atoms with Crippen molar-refractivity contribution in [2.75, 3.05) is 0 Å². The average molecular weight is 262 g/mol. The van der Waals surface area contributed by atoms with Crippen molar-refractivity contribution in [1.82, 2.24) is 0 Å². The second-order valence-corrected chi connectivity index (χ2v) is 4.71. The predicted molar refractivity (Wildman–Crippen MR) is 53.8 cm³/mol. The van der Waals surface area contributed by atoms with Gasteiger partial charge in [0.25, 0.3) is 0 Å². The van der Waals surface area contributed by atoms with Crippen molar-refractivity contribution in [3.8, 4) is 0 Å². The van der Waals surface area contributed by atoms with Crippen LogP contribution in [0.25, 0.3) is 0 Å². The first kappa shape index (κ1) is 12.0. The van der Waals surface area contributed by atoms with Gasteiger partial charge in [-0.25, -0.2) is 4.79 Å². The Bertz CT molecular complexity index is 336. The molecule has 0 aromatic rings. The Kier molecular flexibility index (Phi) is 3.14. The van der Waals surface area contributed by atoms with Crippen molar-refractivity contribution in [2.45, 2.75) is 36.9 Å². The number of rotatable bonds is 2. The summed E-state index contributed by atoms with van der Waals surface area (Å²) in [5.41, 5.74) is -1.43. The number of hydrogen-bond acceptors (Lipinski definition) is 8. The highest BCUT2D eigenvalue weighted by Crippen LogP contribution is 2.42. The molecule has 2 fully saturated rings. The Balaban J connectivity index is 2.09. The molecule has 0 unspecified atom stereocenters. The zero-order chi connectivity index (χ0) is 12.6. The minimum absolute atomic E-state index is 0.507. The Labute approximate surface area is 101 Å². The lowest BCUT2D eigenvalue weighted by atomic mass is 10.2. The minimum Gasteiger partial charge on any atom is -0.447 e. The van der Waals surface area contributed by atoms with Gasteiger partial charge in [0.15, 0.2) is 23.1 Å². The number of fused-ring (bicyclic) bond motifs is 1. The van der Waals surface area contributed by atoms with Crippen LogP contribution in [0, 0.1) is 0 Å². The molecule has 0 amide bonds. The first-order valence-electron chi connectivity index (χ1n) is 4.84. The van der Waals surface area contributed by atoms with Gasteiger partial charge < -0.3 is 18.9 Å². The van der Waals surface area contributed by atoms with Gasteiger partial charge in [0.1, 0.15) is 0 Å². The predicted octanol–water partition coefficient (Wildman–Crippen LogP) is 0.416. The molecule has 0 bridgehead atoms. The first-order valence-corrected chi connectivity index (χ1v) is 5.79. The third-order valence-corrected chi connectivity index (χ3v) is 3.42. The van der Waals surface area contributed by atoms with Crippen LogP contribution in [-0.4, -0.2) is 41.2 Å². The van der Waals surface area contributed by atoms with Crippen LogP contribution in [0.15, 0.2) is 0 Å². The van der Waals surface area contributed by atoms with Crippen molar-refractivity contribution in [3.63, 3.8) is 0 Å². The third-order valence-electron chi connectivity index (χ3n) is 2.16. The van der Waals surface area contributed by atoms with Gasteiger partial charge in [0.05, 0.1) is 0 Å². The van der Waals surface area contributed by atoms with E-state index in [1.807, 2.05) is 0 Å². The number of carbonyl (C=O) groups excluding carboxylic acids is 3. The fourth-order valence-electron chi connectivity index (χ4n) is 1.61. The maximum absolute atomic E-state index is 11.0. The fraction of sp³-hybridized carbons (Fsp3) is 0.667. The normalized spacial score (nSPS) is 34.6. The molecule has 0 aromatic carbocycles. The van der Waals surface area contributed by atoms with E-state index in [1.54, 1.807) is 0 Å². The molecule has 0 aromatic heterocycles. The zero-order valence-electron chi connectivity index (χ0n) is 9.08. The van der Waals surface area contributed by atoms with E-state index in [0.717, 1.165) is 11.8 Å². The van der Waals surface area contributed by atoms with Gasteiger partial charge >= 0.3 is 18.1 Å². The number of hydrogen-bond donors (Lipinski definition) is 0. The van der Waals surface area contributed by atoms with Crippen molar-refractivity contribution in [1.29, 1.82) is 0 Å². The van der Waals surface area contributed by atoms with E-state index in [1.165, 1.54) is 13.8 Å². The van der Waals surface area contributed by atoms with Crippen LogP contribution < -0.4 is 0 Å². The number of thioether (sulfide) groups is 1. The lowest BCUT2D eigenvalue weighted by molar-refractivity contribution is -0.148. The fourth-order valence-corrected chi connectivity index (χ4v) is 2.99. The lowest BCUT2D eigenvalue weighted by Gasteiger charge is -2.13. The van der Waals surface area contributed by atoms with E-state index in [2.05, 4.69) is 0 Å². The summed E-state index contributed by atoms with van der Waals surface area (Å²) in [5.74, 6) is -1.01. The van der Waals surface area contributed by atoms with Gasteiger partial charge in [0.2, 0.25) is 0 Å². The SMILES string of the molecule is CC(=O)O[C@@H]1S[C@H](OC(C)=O)[C@@H]2OC(=O)O[C@@H]21. The largest absolute Gasteiger partial charge is 0.509 e. The van der Waals surface area contributed by atoms with Crippen molar-refractivity contribution < 1.29 is 33.3 Å². The van der Waals surface area contributed by atoms with E-state index < -0.39 is 41.2 Å². The van der Waals surface area contributed by atoms with Gasteiger partial charge in [-0.15, -0.1) is 0 Å². The molecule has 0 saturated carbocycles. The molecule has 0 N–H and O–H groups in total. The highest BCUT2D eigenvalue weighted by Gasteiger charge is 2.57. The van der Waals surface area contributed by atoms with Crippen LogP contribution in [0.4, 0.5) is 4.79 Å². The van der Waals surface area contributed by atoms with E-state index in [4.69, 9.17) is 18.9 Å². The van der Waals surface area contributed by atoms with Crippen LogP contribution in [0.1, 0.15) is 13.8 Å². The Morgan fingerprint density at radius 1 is 1.06 bits per heavy atom. The van der Waals surface area contributed by atoms with Gasteiger partial charge in [-0.1, -0.05) is 11.8 Å². The van der Waals surface area contributed by atoms with Crippen molar-refractivity contribution in [2.24, 2.45) is 0 Å². The van der Waals surface area contributed by atoms with E-state index in [-0.39, 0.29) is 0 Å². The summed E-state index contributed by atoms with van der Waals surface area (Å²) < 4.78 is 19.6. The molecule has 17 heavy (non-hydrogen) atoms. The maximum Gasteiger partial charge on any atom is 0.509 e. The average Bonchev–Trinajstić information content (AvgIpc) is 2.67. The van der Waals surface area contributed by atoms with Crippen LogP contribution in [0.2, 0.25) is 0 Å². The quantitative estimate of drug-likeness (QED) is 0.522. The molecule has 2 heterocycles. The Morgan fingerprint density at radius 3 is 1.82 bits per heavy atom. The first-order chi connectivity index (χ1) is 7.97. The van der Waals surface area contributed by atoms with Gasteiger partial charge in [-0.3, -0.25) is 9.59 Å². The summed E-state index contributed by atoms with van der Waals surface area (Å²) in [4.78, 5) is 32.7. The van der Waals surface area contributed by atoms with Gasteiger partial charge in [-0.05, 0) is 0 Å². The second kappa shape index (κ2) is 4.44. The molecule has 4 atom stereocenters. The zero-order valence-corrected chi connectivity index (χ0v) is 9.89. The van der Waals surface area contributed by atoms with Crippen LogP contribution in [0.3, 0.4) is 0 Å². The van der Waals surface area contributed by atoms with Crippen LogP contribution >= 0.6 is 11.8 Å². The van der Waals surface area contributed by atoms with Crippen LogP contribution in [0.5, 0.6) is 0 Å². The summed E-state index contributed by atoms with van der Waals surface area (Å²) in [7, 11) is 0. The summed E-state index contributed by atoms with van der Waals surface area (Å²) in [6.07, 6.45) is -2.32. The van der Waals surface area contributed by atoms with E-state index >= 15 is 0 Å². The number of esters is 2. The van der Waals surface area contributed by atoms with Gasteiger partial charge in [-0.2, -0.15) is 0 Å². The molecular weight excluding hydrogens is 252 g/mol. The molecule has 8 heteroatoms. The molecule has 2 aliphatic rings. The van der Waals surface area contributed by atoms with Crippen molar-refractivity contribution in [3.05, 3.63) is 0 Å². The number of carbonyl (C=O) groups is 3. The van der Waals surface area contributed by atoms with E-state index in [9.17, 15) is 14.4 Å². The topological polar surface area (TPSA) is 88.1 Å². The van der Waals surface area contributed by atoms with E-state index in [0.29, 0.717) is 0 Å². The Morgan fingerprint density at radius 2 is 1.47 bits per heavy atom. The molecule has 0 spiro atoms. The molecular formula is C9H10O7S. The maximum atomic E-state index is 11.0. The Hall–Kier alpha value is -1.44. The summed E-state index contributed by atoms with van der Waals surface area (Å²) >= 11 is 1.07. The van der Waals surface area contributed by atoms with Gasteiger partial charge in [0, 0.05) is 13.8 Å². The third kappa shape index (κ3) is 2.46. The molecule has 0 radical (unpaired) electrons. The molecule has 2 saturated heterocycles. The second-order valence-electron chi connectivity index (χ2n) is 3.51. The molecule has 0 aliphatic carbocycles. The molecule has 7 nitrogen and oxygen atoms in total. The number of ether oxygens (including phenoxy) is 4. The molecule has 94 valence electrons. The van der Waals surface area contributed by atoms with Crippen molar-refractivity contribution >= 4 is 29.9 Å². The monoisotopic (exact) mass is 262 g/mol. The highest BCUT2D eigenvalue weighted by molar-refractivity contribution is 8.00. The highest BCUT2D eigenvalue weighted by atomic mass is 32.2. The van der Waals surface area contributed by atoms with Crippen LogP contribution in [-0.2, 0) is 28.5 Å². The lowest BCUT2D eigenvalue weighted by Crippen LogP contribution is -2.32. The minimum atomic E-state index is -0.852. The molecule has 2 rings (SSSR count). The standard InChI is InChI=1S/C9H10O7S/c1-3(10)13-7-5-6(16-9(12)15-5)8(17-7)14-4(2)11/h5-8H,1-2H3/t5-,6+,7+,8-. The molecule has 2 aliphatic heterocycles. The summed E-state index contributed by atoms with van der Waals surface area (Å²) in [5, 5.41) is 0. The smallest absolute Gasteiger partial charge is 0.447 e. The summed E-state index contributed by atoms with van der Waals surface area (Å²) in [6, 6.07) is 0. The summed E-state index contributed by atoms with van der Waals surface area (Å²) in [6.45, 7) is 2.48.